The molecule has 15 heavy (non-hydrogen) atoms. The molecule has 1 heterocycles. The number of allylic oxidation sites excluding steroid dienone is 4. The van der Waals surface area contributed by atoms with Crippen molar-refractivity contribution in [3.8, 4) is 0 Å². The van der Waals surface area contributed by atoms with Gasteiger partial charge in [-0.3, -0.25) is 0 Å². The first-order chi connectivity index (χ1) is 7.31. The third-order valence-corrected chi connectivity index (χ3v) is 2.91. The molecule has 2 aliphatic carbocycles. The lowest BCUT2D eigenvalue weighted by Gasteiger charge is -2.05. The van der Waals surface area contributed by atoms with E-state index in [4.69, 9.17) is 4.84 Å². The molecule has 0 atom stereocenters. The smallest absolute Gasteiger partial charge is 0.111 e. The van der Waals surface area contributed by atoms with Crippen LogP contribution < -0.4 is 15.4 Å². The largest absolute Gasteiger partial charge is 0.399 e. The number of hydrogen-bond donors (Lipinski definition) is 0. The normalized spacial score (nSPS) is 16.9. The molecule has 0 amide bonds. The molecule has 0 aromatic carbocycles. The van der Waals surface area contributed by atoms with Gasteiger partial charge < -0.3 is 4.84 Å². The Morgan fingerprint density at radius 3 is 3.13 bits per heavy atom. The molecule has 0 radical (unpaired) electrons. The van der Waals surface area contributed by atoms with E-state index in [0.29, 0.717) is 0 Å². The standard InChI is InChI=1S/C12H12N2O/c1-8-12-10-6-4-3-5-9(10)7-11(12)14(13-8)15-2/h3-5,7H,6H2,1-2H3. The van der Waals surface area contributed by atoms with E-state index in [0.717, 1.165) is 17.5 Å². The van der Waals surface area contributed by atoms with Gasteiger partial charge in [0.05, 0.1) is 5.69 Å². The van der Waals surface area contributed by atoms with Crippen LogP contribution in [0.1, 0.15) is 12.1 Å². The van der Waals surface area contributed by atoms with E-state index in [1.807, 2.05) is 6.92 Å². The van der Waals surface area contributed by atoms with Crippen molar-refractivity contribution in [1.29, 1.82) is 0 Å². The van der Waals surface area contributed by atoms with Crippen LogP contribution in [0.3, 0.4) is 0 Å². The second-order valence-corrected chi connectivity index (χ2v) is 3.78. The summed E-state index contributed by atoms with van der Waals surface area (Å²) in [6.45, 7) is 2.02. The minimum Gasteiger partial charge on any atom is -0.399 e. The van der Waals surface area contributed by atoms with E-state index < -0.39 is 0 Å². The van der Waals surface area contributed by atoms with Crippen molar-refractivity contribution in [2.45, 2.75) is 13.3 Å². The van der Waals surface area contributed by atoms with Crippen LogP contribution in [0.25, 0.3) is 11.6 Å². The number of hydrogen-bond acceptors (Lipinski definition) is 2. The molecule has 0 fully saturated rings. The van der Waals surface area contributed by atoms with E-state index in [9.17, 15) is 0 Å². The van der Waals surface area contributed by atoms with Crippen molar-refractivity contribution in [2.75, 3.05) is 7.11 Å². The van der Waals surface area contributed by atoms with Crippen LogP contribution in [0.15, 0.2) is 23.8 Å². The van der Waals surface area contributed by atoms with Crippen molar-refractivity contribution >= 4 is 11.6 Å². The quantitative estimate of drug-likeness (QED) is 0.642. The number of nitrogens with zero attached hydrogens (tertiary/aromatic N) is 2. The summed E-state index contributed by atoms with van der Waals surface area (Å²) in [4.78, 5) is 6.79. The topological polar surface area (TPSA) is 27.1 Å². The van der Waals surface area contributed by atoms with Gasteiger partial charge in [0, 0.05) is 5.22 Å². The van der Waals surface area contributed by atoms with E-state index in [2.05, 4.69) is 29.4 Å². The van der Waals surface area contributed by atoms with Crippen LogP contribution in [0, 0.1) is 6.92 Å². The zero-order valence-electron chi connectivity index (χ0n) is 8.82. The summed E-state index contributed by atoms with van der Waals surface area (Å²) >= 11 is 0. The van der Waals surface area contributed by atoms with Gasteiger partial charge in [-0.2, -0.15) is 0 Å². The first-order valence-corrected chi connectivity index (χ1v) is 5.03. The van der Waals surface area contributed by atoms with Gasteiger partial charge in [-0.25, -0.2) is 0 Å². The Bertz CT molecular complexity index is 602. The molecule has 1 aromatic heterocycles. The van der Waals surface area contributed by atoms with Crippen molar-refractivity contribution in [3.63, 3.8) is 0 Å². The Morgan fingerprint density at radius 1 is 1.47 bits per heavy atom. The summed E-state index contributed by atoms with van der Waals surface area (Å²) in [6.07, 6.45) is 9.54. The van der Waals surface area contributed by atoms with Crippen LogP contribution in [0.2, 0.25) is 0 Å². The molecule has 0 unspecified atom stereocenters. The van der Waals surface area contributed by atoms with E-state index in [-0.39, 0.29) is 0 Å². The molecular formula is C12H12N2O. The maximum Gasteiger partial charge on any atom is 0.111 e. The monoisotopic (exact) mass is 200 g/mol. The summed E-state index contributed by atoms with van der Waals surface area (Å²) in [6, 6.07) is 0. The lowest BCUT2D eigenvalue weighted by Crippen LogP contribution is -2.31. The summed E-state index contributed by atoms with van der Waals surface area (Å²) in [7, 11) is 1.64. The Kier molecular flexibility index (Phi) is 1.63. The SMILES string of the molecule is COn1nc(C)c2c1=CC1=CC=CCC=21. The van der Waals surface area contributed by atoms with Crippen molar-refractivity contribution in [1.82, 2.24) is 9.94 Å². The molecular weight excluding hydrogens is 188 g/mol. The molecule has 2 aliphatic rings. The Balaban J connectivity index is 2.42. The molecule has 0 N–H and O–H groups in total. The molecule has 3 nitrogen and oxygen atoms in total. The summed E-state index contributed by atoms with van der Waals surface area (Å²) < 4.78 is 0. The van der Waals surface area contributed by atoms with Gasteiger partial charge >= 0.3 is 0 Å². The molecule has 0 saturated heterocycles. The average Bonchev–Trinajstić information content (AvgIpc) is 2.76. The fourth-order valence-electron chi connectivity index (χ4n) is 2.27. The Hall–Kier alpha value is -1.77. The highest BCUT2D eigenvalue weighted by Crippen LogP contribution is 2.22. The minimum absolute atomic E-state index is 0.992. The second-order valence-electron chi connectivity index (χ2n) is 3.78. The number of aromatic nitrogens is 2. The molecule has 3 rings (SSSR count). The summed E-state index contributed by atoms with van der Waals surface area (Å²) in [5.74, 6) is 0. The number of aryl methyl sites for hydroxylation is 1. The third kappa shape index (κ3) is 1.03. The predicted octanol–water partition coefficient (Wildman–Crippen LogP) is 0.0810. The highest BCUT2D eigenvalue weighted by atomic mass is 16.7. The Labute approximate surface area is 87.6 Å². The highest BCUT2D eigenvalue weighted by molar-refractivity contribution is 5.83. The van der Waals surface area contributed by atoms with Gasteiger partial charge in [0.15, 0.2) is 0 Å². The van der Waals surface area contributed by atoms with Gasteiger partial charge in [0.1, 0.15) is 12.5 Å². The van der Waals surface area contributed by atoms with Gasteiger partial charge in [-0.15, -0.1) is 5.10 Å². The lowest BCUT2D eigenvalue weighted by atomic mass is 10.00. The zero-order chi connectivity index (χ0) is 10.4. The van der Waals surface area contributed by atoms with Crippen molar-refractivity contribution in [3.05, 3.63) is 40.1 Å². The van der Waals surface area contributed by atoms with Gasteiger partial charge in [0.2, 0.25) is 0 Å². The average molecular weight is 200 g/mol. The number of fused-ring (bicyclic) bond motifs is 2. The van der Waals surface area contributed by atoms with E-state index in [1.54, 1.807) is 12.0 Å². The zero-order valence-corrected chi connectivity index (χ0v) is 8.82. The van der Waals surface area contributed by atoms with Crippen LogP contribution >= 0.6 is 0 Å². The van der Waals surface area contributed by atoms with E-state index >= 15 is 0 Å². The van der Waals surface area contributed by atoms with Crippen molar-refractivity contribution in [2.24, 2.45) is 0 Å². The fraction of sp³-hybridized carbons (Fsp3) is 0.250. The lowest BCUT2D eigenvalue weighted by molar-refractivity contribution is 0.126. The maximum atomic E-state index is 5.20. The minimum atomic E-state index is 0.992. The third-order valence-electron chi connectivity index (χ3n) is 2.91. The molecule has 76 valence electrons. The van der Waals surface area contributed by atoms with Gasteiger partial charge in [-0.1, -0.05) is 23.1 Å². The summed E-state index contributed by atoms with van der Waals surface area (Å²) in [5, 5.41) is 6.65. The highest BCUT2D eigenvalue weighted by Gasteiger charge is 2.17. The van der Waals surface area contributed by atoms with E-state index in [1.165, 1.54) is 16.4 Å². The van der Waals surface area contributed by atoms with Crippen LogP contribution in [0.5, 0.6) is 0 Å². The molecule has 0 bridgehead atoms. The Morgan fingerprint density at radius 2 is 2.33 bits per heavy atom. The first-order valence-electron chi connectivity index (χ1n) is 5.03. The molecule has 3 heteroatoms. The van der Waals surface area contributed by atoms with Crippen molar-refractivity contribution < 1.29 is 4.84 Å². The molecule has 1 aromatic rings. The maximum absolute atomic E-state index is 5.20. The fourth-order valence-corrected chi connectivity index (χ4v) is 2.27. The summed E-state index contributed by atoms with van der Waals surface area (Å²) in [5.41, 5.74) is 3.70. The predicted molar refractivity (Wildman–Crippen MR) is 58.4 cm³/mol. The molecule has 0 saturated carbocycles. The second kappa shape index (κ2) is 2.86. The van der Waals surface area contributed by atoms with Gasteiger partial charge in [0.25, 0.3) is 0 Å². The van der Waals surface area contributed by atoms with Crippen LogP contribution in [0.4, 0.5) is 0 Å². The molecule has 0 spiro atoms. The van der Waals surface area contributed by atoms with Crippen LogP contribution in [-0.4, -0.2) is 17.1 Å². The van der Waals surface area contributed by atoms with Crippen LogP contribution in [-0.2, 0) is 0 Å². The number of rotatable bonds is 1. The van der Waals surface area contributed by atoms with Gasteiger partial charge in [-0.05, 0) is 30.6 Å². The first kappa shape index (κ1) is 8.53. The molecule has 0 aliphatic heterocycles.